The van der Waals surface area contributed by atoms with Crippen molar-refractivity contribution in [1.82, 2.24) is 14.8 Å². The first kappa shape index (κ1) is 20.1. The summed E-state index contributed by atoms with van der Waals surface area (Å²) in [6.07, 6.45) is 7.77. The number of nitrogens with zero attached hydrogens (tertiary/aromatic N) is 2. The van der Waals surface area contributed by atoms with Gasteiger partial charge in [-0.2, -0.15) is 0 Å². The fourth-order valence-corrected chi connectivity index (χ4v) is 6.27. The molecule has 30 heavy (non-hydrogen) atoms. The second kappa shape index (κ2) is 7.69. The predicted molar refractivity (Wildman–Crippen MR) is 120 cm³/mol. The van der Waals surface area contributed by atoms with Gasteiger partial charge in [0.2, 0.25) is 5.91 Å². The summed E-state index contributed by atoms with van der Waals surface area (Å²) >= 11 is 0. The number of hydrogen-bond donors (Lipinski definition) is 2. The summed E-state index contributed by atoms with van der Waals surface area (Å²) in [5.41, 5.74) is 4.20. The Kier molecular flexibility index (Phi) is 5.14. The van der Waals surface area contributed by atoms with Crippen molar-refractivity contribution in [2.45, 2.75) is 82.5 Å². The number of likely N-dealkylation sites (tertiary alicyclic amines) is 1. The van der Waals surface area contributed by atoms with Crippen LogP contribution >= 0.6 is 0 Å². The van der Waals surface area contributed by atoms with Gasteiger partial charge in [0, 0.05) is 41.6 Å². The van der Waals surface area contributed by atoms with Crippen molar-refractivity contribution in [2.75, 3.05) is 13.6 Å². The Labute approximate surface area is 179 Å². The highest BCUT2D eigenvalue weighted by atomic mass is 16.3. The number of aliphatic hydroxyl groups is 1. The molecule has 1 saturated heterocycles. The number of carbonyl (C=O) groups excluding carboxylic acids is 1. The van der Waals surface area contributed by atoms with E-state index in [0.29, 0.717) is 18.0 Å². The molecule has 162 valence electrons. The smallest absolute Gasteiger partial charge is 0.224 e. The third-order valence-electron chi connectivity index (χ3n) is 7.86. The van der Waals surface area contributed by atoms with E-state index in [1.54, 1.807) is 0 Å². The van der Waals surface area contributed by atoms with E-state index in [0.717, 1.165) is 45.1 Å². The van der Waals surface area contributed by atoms with Crippen LogP contribution in [0.4, 0.5) is 0 Å². The molecule has 2 aliphatic carbocycles. The van der Waals surface area contributed by atoms with Gasteiger partial charge in [0.15, 0.2) is 0 Å². The first-order chi connectivity index (χ1) is 14.4. The summed E-state index contributed by atoms with van der Waals surface area (Å²) in [6, 6.07) is 7.53. The van der Waals surface area contributed by atoms with E-state index in [-0.39, 0.29) is 17.9 Å². The molecule has 2 fully saturated rings. The standard InChI is InChI=1S/C25H35N3O2/c1-15(2)28-14-16-12-22-19(18-7-6-9-21(28)24(16)18)11-17(13-27(22)3)25(30)26-20-8-4-5-10-23(20)29/h6-7,9,14-15,17,19-20,22-23,29H,4-5,8,10-13H2,1-3H3,(H,26,30)/t17-,19?,20?,22-,23?/m1/s1. The topological polar surface area (TPSA) is 57.5 Å². The molecule has 5 heteroatoms. The van der Waals surface area contributed by atoms with Crippen LogP contribution in [0, 0.1) is 5.92 Å². The lowest BCUT2D eigenvalue weighted by Crippen LogP contribution is -2.54. The van der Waals surface area contributed by atoms with Crippen LogP contribution in [0.2, 0.25) is 0 Å². The monoisotopic (exact) mass is 409 g/mol. The van der Waals surface area contributed by atoms with Crippen LogP contribution in [-0.4, -0.2) is 52.3 Å². The van der Waals surface area contributed by atoms with E-state index >= 15 is 0 Å². The SMILES string of the molecule is CC(C)n1cc2c3c(cccc31)C1C[C@@H](C(=O)NC3CCCCC3O)CN(C)[C@@H]1C2. The number of benzene rings is 1. The van der Waals surface area contributed by atoms with E-state index in [2.05, 4.69) is 60.1 Å². The van der Waals surface area contributed by atoms with Crippen LogP contribution in [0.15, 0.2) is 24.4 Å². The number of amides is 1. The van der Waals surface area contributed by atoms with Gasteiger partial charge >= 0.3 is 0 Å². The normalized spacial score (nSPS) is 31.7. The van der Waals surface area contributed by atoms with E-state index in [9.17, 15) is 9.90 Å². The van der Waals surface area contributed by atoms with Gasteiger partial charge in [0.1, 0.15) is 0 Å². The van der Waals surface area contributed by atoms with Crippen molar-refractivity contribution in [3.8, 4) is 0 Å². The minimum atomic E-state index is -0.390. The summed E-state index contributed by atoms with van der Waals surface area (Å²) in [7, 11) is 2.18. The molecule has 1 saturated carbocycles. The predicted octanol–water partition coefficient (Wildman–Crippen LogP) is 3.60. The molecule has 0 spiro atoms. The van der Waals surface area contributed by atoms with Gasteiger partial charge in [-0.25, -0.2) is 0 Å². The summed E-state index contributed by atoms with van der Waals surface area (Å²) in [5.74, 6) is 0.494. The molecule has 0 bridgehead atoms. The van der Waals surface area contributed by atoms with Crippen molar-refractivity contribution in [3.05, 3.63) is 35.5 Å². The number of carbonyl (C=O) groups is 1. The Balaban J connectivity index is 1.42. The molecule has 5 nitrogen and oxygen atoms in total. The first-order valence-corrected chi connectivity index (χ1v) is 11.7. The molecule has 1 amide bonds. The van der Waals surface area contributed by atoms with Gasteiger partial charge in [-0.15, -0.1) is 0 Å². The summed E-state index contributed by atoms with van der Waals surface area (Å²) in [6.45, 7) is 5.28. The van der Waals surface area contributed by atoms with Crippen LogP contribution in [0.1, 0.15) is 69.0 Å². The summed E-state index contributed by atoms with van der Waals surface area (Å²) in [5, 5.41) is 14.9. The van der Waals surface area contributed by atoms with Crippen LogP contribution in [-0.2, 0) is 11.2 Å². The van der Waals surface area contributed by atoms with Gasteiger partial charge in [-0.3, -0.25) is 4.79 Å². The van der Waals surface area contributed by atoms with E-state index in [4.69, 9.17) is 0 Å². The second-order valence-electron chi connectivity index (χ2n) is 10.1. The molecule has 1 aromatic carbocycles. The molecular formula is C25H35N3O2. The fraction of sp³-hybridized carbons (Fsp3) is 0.640. The summed E-state index contributed by atoms with van der Waals surface area (Å²) < 4.78 is 2.40. The zero-order valence-corrected chi connectivity index (χ0v) is 18.5. The van der Waals surface area contributed by atoms with Crippen LogP contribution in [0.25, 0.3) is 10.9 Å². The van der Waals surface area contributed by atoms with Crippen molar-refractivity contribution < 1.29 is 9.90 Å². The third kappa shape index (κ3) is 3.27. The molecule has 2 heterocycles. The largest absolute Gasteiger partial charge is 0.391 e. The first-order valence-electron chi connectivity index (χ1n) is 11.7. The molecule has 0 radical (unpaired) electrons. The number of hydrogen-bond acceptors (Lipinski definition) is 3. The summed E-state index contributed by atoms with van der Waals surface area (Å²) in [4.78, 5) is 15.6. The molecule has 5 rings (SSSR count). The Hall–Kier alpha value is -1.85. The second-order valence-corrected chi connectivity index (χ2v) is 10.1. The molecule has 2 aromatic rings. The Morgan fingerprint density at radius 2 is 2.03 bits per heavy atom. The molecule has 1 aromatic heterocycles. The van der Waals surface area contributed by atoms with Crippen LogP contribution < -0.4 is 5.32 Å². The number of likely N-dealkylation sites (N-methyl/N-ethyl adjacent to an activating group) is 1. The molecule has 2 N–H and O–H groups in total. The van der Waals surface area contributed by atoms with Crippen molar-refractivity contribution in [3.63, 3.8) is 0 Å². The van der Waals surface area contributed by atoms with E-state index < -0.39 is 6.10 Å². The van der Waals surface area contributed by atoms with Gasteiger partial charge in [0.05, 0.1) is 18.1 Å². The van der Waals surface area contributed by atoms with Crippen molar-refractivity contribution >= 4 is 16.8 Å². The van der Waals surface area contributed by atoms with Gasteiger partial charge in [-0.1, -0.05) is 25.0 Å². The van der Waals surface area contributed by atoms with Crippen LogP contribution in [0.3, 0.4) is 0 Å². The average molecular weight is 410 g/mol. The Bertz CT molecular complexity index is 949. The maximum Gasteiger partial charge on any atom is 0.224 e. The highest BCUT2D eigenvalue weighted by molar-refractivity contribution is 5.89. The number of piperidine rings is 1. The quantitative estimate of drug-likeness (QED) is 0.814. The number of fused-ring (bicyclic) bond motifs is 2. The zero-order valence-electron chi connectivity index (χ0n) is 18.5. The number of nitrogens with one attached hydrogen (secondary N) is 1. The Morgan fingerprint density at radius 1 is 1.23 bits per heavy atom. The minimum absolute atomic E-state index is 0.0191. The number of rotatable bonds is 3. The lowest BCUT2D eigenvalue weighted by atomic mass is 9.72. The molecule has 3 unspecified atom stereocenters. The minimum Gasteiger partial charge on any atom is -0.391 e. The lowest BCUT2D eigenvalue weighted by molar-refractivity contribution is -0.129. The van der Waals surface area contributed by atoms with Gasteiger partial charge < -0.3 is 19.9 Å². The van der Waals surface area contributed by atoms with Crippen LogP contribution in [0.5, 0.6) is 0 Å². The molecule has 5 atom stereocenters. The molecule has 1 aliphatic heterocycles. The van der Waals surface area contributed by atoms with Crippen molar-refractivity contribution in [2.24, 2.45) is 5.92 Å². The maximum absolute atomic E-state index is 13.2. The number of aliphatic hydroxyl groups excluding tert-OH is 1. The van der Waals surface area contributed by atoms with Crippen molar-refractivity contribution in [1.29, 1.82) is 0 Å². The zero-order chi connectivity index (χ0) is 21.0. The maximum atomic E-state index is 13.2. The Morgan fingerprint density at radius 3 is 2.80 bits per heavy atom. The molecule has 3 aliphatic rings. The highest BCUT2D eigenvalue weighted by Gasteiger charge is 2.42. The average Bonchev–Trinajstić information content (AvgIpc) is 3.10. The number of aromatic nitrogens is 1. The van der Waals surface area contributed by atoms with Gasteiger partial charge in [-0.05, 0) is 63.8 Å². The van der Waals surface area contributed by atoms with E-state index in [1.165, 1.54) is 22.0 Å². The third-order valence-corrected chi connectivity index (χ3v) is 7.86. The van der Waals surface area contributed by atoms with E-state index in [1.807, 2.05) is 0 Å². The van der Waals surface area contributed by atoms with Gasteiger partial charge in [0.25, 0.3) is 0 Å². The highest BCUT2D eigenvalue weighted by Crippen LogP contribution is 2.45. The lowest BCUT2D eigenvalue weighted by Gasteiger charge is -2.45. The fourth-order valence-electron chi connectivity index (χ4n) is 6.27. The molecular weight excluding hydrogens is 374 g/mol.